The summed E-state index contributed by atoms with van der Waals surface area (Å²) in [5.41, 5.74) is 0.489. The minimum absolute atomic E-state index is 0.0279. The molecule has 33 atom stereocenters. The van der Waals surface area contributed by atoms with Crippen LogP contribution in [0.4, 0.5) is 0 Å². The molecule has 0 radical (unpaired) electrons. The number of ether oxygens (including phenoxy) is 10. The number of aliphatic hydroxyl groups is 12. The van der Waals surface area contributed by atoms with Gasteiger partial charge in [0.2, 0.25) is 0 Å². The highest BCUT2D eigenvalue weighted by Crippen LogP contribution is 2.67. The van der Waals surface area contributed by atoms with Crippen molar-refractivity contribution in [3.05, 3.63) is 11.6 Å². The summed E-state index contributed by atoms with van der Waals surface area (Å²) < 4.78 is 100. The number of aliphatic hydroxyl groups excluding tert-OH is 12. The van der Waals surface area contributed by atoms with E-state index in [-0.39, 0.29) is 47.2 Å². The fourth-order valence-electron chi connectivity index (χ4n) is 15.7. The molecule has 5 heterocycles. The summed E-state index contributed by atoms with van der Waals surface area (Å²) in [4.78, 5) is 13.2. The minimum Gasteiger partial charge on any atom is -0.394 e. The van der Waals surface area contributed by atoms with E-state index < -0.39 is 195 Å². The van der Waals surface area contributed by atoms with E-state index >= 15 is 0 Å². The average molecular weight is 1230 g/mol. The lowest BCUT2D eigenvalue weighted by molar-refractivity contribution is -0.398. The number of rotatable bonds is 18. The van der Waals surface area contributed by atoms with Gasteiger partial charge in [-0.2, -0.15) is 8.42 Å². The molecule has 9 aliphatic rings. The molecule has 33 unspecified atom stereocenters. The number of hydrogen-bond acceptors (Lipinski definition) is 26. The van der Waals surface area contributed by atoms with E-state index in [0.717, 1.165) is 19.3 Å². The van der Waals surface area contributed by atoms with E-state index in [1.54, 1.807) is 0 Å². The second-order valence-electron chi connectivity index (χ2n) is 26.4. The van der Waals surface area contributed by atoms with Crippen molar-refractivity contribution >= 4 is 16.2 Å². The molecule has 0 aromatic carbocycles. The van der Waals surface area contributed by atoms with Crippen LogP contribution in [0.3, 0.4) is 0 Å². The minimum atomic E-state index is -4.85. The Morgan fingerprint density at radius 3 is 1.75 bits per heavy atom. The average Bonchev–Trinajstić information content (AvgIpc) is 2.53. The highest BCUT2D eigenvalue weighted by molar-refractivity contribution is 7.80. The molecule has 4 aliphatic carbocycles. The Balaban J connectivity index is 0.977. The first-order chi connectivity index (χ1) is 39.4. The Kier molecular flexibility index (Phi) is 20.9. The second-order valence-corrected chi connectivity index (χ2v) is 27.4. The molecule has 0 aromatic rings. The summed E-state index contributed by atoms with van der Waals surface area (Å²) in [5, 5.41) is 133. The molecule has 5 aliphatic heterocycles. The number of carbonyl (C=O) groups excluding carboxylic acids is 1. The fraction of sp³-hybridized carbons (Fsp3) is 0.946. The Morgan fingerprint density at radius 1 is 0.607 bits per heavy atom. The van der Waals surface area contributed by atoms with Crippen LogP contribution >= 0.6 is 0 Å². The lowest BCUT2D eigenvalue weighted by Crippen LogP contribution is -2.67. The van der Waals surface area contributed by atoms with Gasteiger partial charge in [0.25, 0.3) is 0 Å². The zero-order valence-electron chi connectivity index (χ0n) is 48.8. The van der Waals surface area contributed by atoms with E-state index in [2.05, 4.69) is 26.8 Å². The number of fused-ring (bicyclic) bond motifs is 5. The molecule has 28 heteroatoms. The smallest absolute Gasteiger partial charge is 0.394 e. The topological polar surface area (TPSA) is 416 Å². The van der Waals surface area contributed by atoms with Gasteiger partial charge in [-0.15, -0.1) is 0 Å². The Morgan fingerprint density at radius 2 is 1.17 bits per heavy atom. The van der Waals surface area contributed by atoms with Crippen molar-refractivity contribution in [2.45, 2.75) is 273 Å². The van der Waals surface area contributed by atoms with Crippen LogP contribution in [0, 0.1) is 46.3 Å². The van der Waals surface area contributed by atoms with Crippen molar-refractivity contribution < 1.29 is 131 Å². The third-order valence-corrected chi connectivity index (χ3v) is 20.8. The van der Waals surface area contributed by atoms with Crippen LogP contribution < -0.4 is 0 Å². The highest BCUT2D eigenvalue weighted by atomic mass is 32.3. The SMILES string of the molecule is CC(C)CC(=O)CC(C)C1CCC2C3CC(OC4OC(C)C(O)C(OC5OCC(OC6OC(CO)C(O)C(O)C6OC6OC(C)C(O)C(O)C6O)C(O)C5OC5OC(C)C(O)C(O)C5O)C4O)C4CC(OS(=O)(=O)O)CCC4(C)C3=CCC12C. The highest BCUT2D eigenvalue weighted by Gasteiger charge is 2.62. The maximum absolute atomic E-state index is 13.2. The number of Topliss-reactive ketones (excluding diaryl/α,β-unsaturated/α-hetero) is 1. The predicted molar refractivity (Wildman–Crippen MR) is 284 cm³/mol. The van der Waals surface area contributed by atoms with E-state index in [4.69, 9.17) is 51.6 Å². The molecule has 13 N–H and O–H groups in total. The van der Waals surface area contributed by atoms with Crippen LogP contribution in [-0.4, -0.2) is 253 Å². The van der Waals surface area contributed by atoms with Crippen LogP contribution in [0.2, 0.25) is 0 Å². The fourth-order valence-corrected chi connectivity index (χ4v) is 16.2. The monoisotopic (exact) mass is 1230 g/mol. The molecule has 0 spiro atoms. The van der Waals surface area contributed by atoms with Gasteiger partial charge < -0.3 is 109 Å². The Hall–Kier alpha value is -1.60. The van der Waals surface area contributed by atoms with Crippen LogP contribution in [0.25, 0.3) is 0 Å². The summed E-state index contributed by atoms with van der Waals surface area (Å²) in [6, 6.07) is 0. The van der Waals surface area contributed by atoms with E-state index in [9.17, 15) is 79.0 Å². The van der Waals surface area contributed by atoms with Gasteiger partial charge in [-0.3, -0.25) is 9.35 Å². The first-order valence-electron chi connectivity index (χ1n) is 29.8. The number of ketones is 1. The molecule has 0 bridgehead atoms. The number of allylic oxidation sites excluding steroid dienone is 2. The Bertz CT molecular complexity index is 2370. The zero-order chi connectivity index (χ0) is 61.4. The van der Waals surface area contributed by atoms with Gasteiger partial charge >= 0.3 is 10.4 Å². The van der Waals surface area contributed by atoms with Crippen LogP contribution in [-0.2, 0) is 66.7 Å². The molecule has 9 rings (SSSR count). The normalized spacial score (nSPS) is 51.3. The quantitative estimate of drug-likeness (QED) is 0.0532. The molecular formula is C56H92O27S. The lowest BCUT2D eigenvalue weighted by Gasteiger charge is -2.59. The van der Waals surface area contributed by atoms with Crippen molar-refractivity contribution in [3.8, 4) is 0 Å². The lowest BCUT2D eigenvalue weighted by atomic mass is 9.47. The predicted octanol–water partition coefficient (Wildman–Crippen LogP) is -1.79. The standard InChI is InChI=1S/C56H92O27S/c1-21(2)15-26(58)16-22(3)29-9-10-30-28-18-33(32-17-27(83-84(70,71)72)11-13-56(32,8)31(28)12-14-55(29,30)7)77-52-46(69)47(38(61)25(6)76-52)80-53-48(81-50-44(67)41(64)36(59)23(4)74-50)40(63)35(20-73-53)79-54-49(43(66)39(62)34(19-57)78-54)82-51-45(68)42(65)37(60)24(5)75-51/h12,21-25,27-30,32-54,57,59-69H,9-11,13-20H2,1-8H3,(H,70,71,72). The number of carbonyl (C=O) groups is 1. The largest absolute Gasteiger partial charge is 0.397 e. The van der Waals surface area contributed by atoms with Crippen molar-refractivity contribution in [3.63, 3.8) is 0 Å². The summed E-state index contributed by atoms with van der Waals surface area (Å²) in [5.74, 6) is 0.591. The third-order valence-electron chi connectivity index (χ3n) is 20.3. The summed E-state index contributed by atoms with van der Waals surface area (Å²) in [6.45, 7) is 13.4. The van der Waals surface area contributed by atoms with E-state index in [1.807, 2.05) is 13.8 Å². The van der Waals surface area contributed by atoms with Gasteiger partial charge in [0.05, 0.1) is 43.7 Å². The van der Waals surface area contributed by atoms with Crippen molar-refractivity contribution in [1.29, 1.82) is 0 Å². The van der Waals surface area contributed by atoms with Crippen LogP contribution in [0.1, 0.15) is 113 Å². The molecule has 0 amide bonds. The second kappa shape index (κ2) is 26.3. The summed E-state index contributed by atoms with van der Waals surface area (Å²) in [6.07, 6.45) is -35.0. The van der Waals surface area contributed by atoms with Gasteiger partial charge in [-0.25, -0.2) is 4.18 Å². The maximum Gasteiger partial charge on any atom is 0.397 e. The molecule has 5 saturated heterocycles. The van der Waals surface area contributed by atoms with Crippen molar-refractivity contribution in [2.24, 2.45) is 46.3 Å². The van der Waals surface area contributed by atoms with Crippen LogP contribution in [0.5, 0.6) is 0 Å². The van der Waals surface area contributed by atoms with Gasteiger partial charge in [0.15, 0.2) is 31.5 Å². The van der Waals surface area contributed by atoms with Gasteiger partial charge in [-0.05, 0) is 112 Å². The van der Waals surface area contributed by atoms with Gasteiger partial charge in [0, 0.05) is 12.8 Å². The summed E-state index contributed by atoms with van der Waals surface area (Å²) in [7, 11) is -4.85. The van der Waals surface area contributed by atoms with Gasteiger partial charge in [-0.1, -0.05) is 46.3 Å². The van der Waals surface area contributed by atoms with Gasteiger partial charge in [0.1, 0.15) is 103 Å². The molecule has 3 saturated carbocycles. The molecule has 8 fully saturated rings. The zero-order valence-corrected chi connectivity index (χ0v) is 49.6. The first-order valence-corrected chi connectivity index (χ1v) is 31.2. The Labute approximate surface area is 489 Å². The van der Waals surface area contributed by atoms with Crippen LogP contribution in [0.15, 0.2) is 11.6 Å². The third kappa shape index (κ3) is 13.3. The molecular weight excluding hydrogens is 1140 g/mol. The maximum atomic E-state index is 13.2. The van der Waals surface area contributed by atoms with E-state index in [0.29, 0.717) is 32.1 Å². The molecule has 0 aromatic heterocycles. The first kappa shape index (κ1) is 66.8. The van der Waals surface area contributed by atoms with E-state index in [1.165, 1.54) is 26.3 Å². The summed E-state index contributed by atoms with van der Waals surface area (Å²) >= 11 is 0. The molecule has 484 valence electrons. The molecule has 84 heavy (non-hydrogen) atoms. The number of hydrogen-bond donors (Lipinski definition) is 13. The molecule has 27 nitrogen and oxygen atoms in total. The van der Waals surface area contributed by atoms with Crippen molar-refractivity contribution in [1.82, 2.24) is 0 Å². The van der Waals surface area contributed by atoms with Crippen molar-refractivity contribution in [2.75, 3.05) is 13.2 Å².